The number of aromatic nitrogens is 2. The van der Waals surface area contributed by atoms with Gasteiger partial charge in [0.25, 0.3) is 0 Å². The van der Waals surface area contributed by atoms with Crippen molar-refractivity contribution >= 4 is 27.8 Å². The number of amides is 1. The van der Waals surface area contributed by atoms with Crippen LogP contribution in [0.3, 0.4) is 0 Å². The Balaban J connectivity index is 2.24. The monoisotopic (exact) mass is 241 g/mol. The van der Waals surface area contributed by atoms with Crippen molar-refractivity contribution in [2.75, 3.05) is 11.4 Å². The summed E-state index contributed by atoms with van der Waals surface area (Å²) in [7, 11) is 0. The first-order chi connectivity index (χ1) is 6.29. The Morgan fingerprint density at radius 1 is 1.46 bits per heavy atom. The van der Waals surface area contributed by atoms with Crippen LogP contribution in [-0.4, -0.2) is 27.2 Å². The van der Waals surface area contributed by atoms with E-state index < -0.39 is 0 Å². The van der Waals surface area contributed by atoms with Gasteiger partial charge in [0.2, 0.25) is 11.9 Å². The number of halogens is 1. The summed E-state index contributed by atoms with van der Waals surface area (Å²) in [5.41, 5.74) is 0. The van der Waals surface area contributed by atoms with Crippen LogP contribution in [0.1, 0.15) is 6.42 Å². The van der Waals surface area contributed by atoms with E-state index in [4.69, 9.17) is 0 Å². The molecule has 0 bridgehead atoms. The summed E-state index contributed by atoms with van der Waals surface area (Å²) in [5, 5.41) is 0. The first-order valence-electron chi connectivity index (χ1n) is 4.01. The molecule has 1 amide bonds. The lowest BCUT2D eigenvalue weighted by Crippen LogP contribution is -2.28. The third-order valence-electron chi connectivity index (χ3n) is 1.93. The molecule has 4 nitrogen and oxygen atoms in total. The zero-order valence-corrected chi connectivity index (χ0v) is 8.44. The second-order valence-corrected chi connectivity index (χ2v) is 3.90. The normalized spacial score (nSPS) is 22.4. The van der Waals surface area contributed by atoms with E-state index in [-0.39, 0.29) is 10.7 Å². The van der Waals surface area contributed by atoms with Gasteiger partial charge in [0, 0.05) is 18.9 Å². The van der Waals surface area contributed by atoms with E-state index in [0.717, 1.165) is 6.42 Å². The van der Waals surface area contributed by atoms with Gasteiger partial charge < -0.3 is 0 Å². The van der Waals surface area contributed by atoms with E-state index in [9.17, 15) is 4.79 Å². The standard InChI is InChI=1S/C8H8BrN3O/c9-6-2-5-12(7(6)13)8-10-3-1-4-11-8/h1,3-4,6H,2,5H2. The minimum Gasteiger partial charge on any atom is -0.280 e. The highest BCUT2D eigenvalue weighted by molar-refractivity contribution is 9.10. The highest BCUT2D eigenvalue weighted by Gasteiger charge is 2.31. The number of nitrogens with zero attached hydrogens (tertiary/aromatic N) is 3. The molecule has 1 aromatic rings. The van der Waals surface area contributed by atoms with Crippen molar-refractivity contribution in [2.45, 2.75) is 11.2 Å². The first kappa shape index (κ1) is 8.62. The third kappa shape index (κ3) is 1.56. The molecule has 2 heterocycles. The zero-order valence-electron chi connectivity index (χ0n) is 6.85. The maximum Gasteiger partial charge on any atom is 0.243 e. The molecule has 13 heavy (non-hydrogen) atoms. The van der Waals surface area contributed by atoms with Crippen LogP contribution in [0.25, 0.3) is 0 Å². The molecular weight excluding hydrogens is 234 g/mol. The van der Waals surface area contributed by atoms with Gasteiger partial charge in [-0.25, -0.2) is 9.97 Å². The van der Waals surface area contributed by atoms with Gasteiger partial charge in [0.1, 0.15) is 0 Å². The number of rotatable bonds is 1. The minimum atomic E-state index is -0.0729. The van der Waals surface area contributed by atoms with E-state index in [1.54, 1.807) is 23.4 Å². The molecule has 68 valence electrons. The highest BCUT2D eigenvalue weighted by atomic mass is 79.9. The van der Waals surface area contributed by atoms with E-state index in [0.29, 0.717) is 12.5 Å². The van der Waals surface area contributed by atoms with Gasteiger partial charge in [-0.1, -0.05) is 15.9 Å². The minimum absolute atomic E-state index is 0.0474. The molecule has 1 aliphatic rings. The predicted molar refractivity (Wildman–Crippen MR) is 51.7 cm³/mol. The number of hydrogen-bond acceptors (Lipinski definition) is 3. The number of alkyl halides is 1. The van der Waals surface area contributed by atoms with Crippen molar-refractivity contribution in [1.82, 2.24) is 9.97 Å². The summed E-state index contributed by atoms with van der Waals surface area (Å²) in [6, 6.07) is 1.73. The predicted octanol–water partition coefficient (Wildman–Crippen LogP) is 0.977. The van der Waals surface area contributed by atoms with Crippen LogP contribution in [0, 0.1) is 0 Å². The molecule has 0 saturated carbocycles. The average molecular weight is 242 g/mol. The molecule has 1 aliphatic heterocycles. The Hall–Kier alpha value is -0.970. The van der Waals surface area contributed by atoms with Crippen LogP contribution in [0.15, 0.2) is 18.5 Å². The Kier molecular flexibility index (Phi) is 2.26. The first-order valence-corrected chi connectivity index (χ1v) is 4.93. The lowest BCUT2D eigenvalue weighted by atomic mass is 10.4. The highest BCUT2D eigenvalue weighted by Crippen LogP contribution is 2.21. The summed E-state index contributed by atoms with van der Waals surface area (Å²) in [6.45, 7) is 0.693. The molecule has 1 atom stereocenters. The van der Waals surface area contributed by atoms with Crippen LogP contribution >= 0.6 is 15.9 Å². The Morgan fingerprint density at radius 3 is 2.69 bits per heavy atom. The second-order valence-electron chi connectivity index (χ2n) is 2.79. The summed E-state index contributed by atoms with van der Waals surface area (Å²) in [5.74, 6) is 0.542. The Labute approximate surface area is 84.1 Å². The van der Waals surface area contributed by atoms with Crippen LogP contribution in [0.4, 0.5) is 5.95 Å². The number of carbonyl (C=O) groups excluding carboxylic acids is 1. The largest absolute Gasteiger partial charge is 0.280 e. The fraction of sp³-hybridized carbons (Fsp3) is 0.375. The lowest BCUT2D eigenvalue weighted by molar-refractivity contribution is -0.116. The Morgan fingerprint density at radius 2 is 2.15 bits per heavy atom. The molecule has 2 rings (SSSR count). The molecule has 0 aromatic carbocycles. The SMILES string of the molecule is O=C1C(Br)CCN1c1ncccn1. The number of anilines is 1. The van der Waals surface area contributed by atoms with Gasteiger partial charge in [-0.05, 0) is 12.5 Å². The molecule has 0 aliphatic carbocycles. The summed E-state index contributed by atoms with van der Waals surface area (Å²) in [4.78, 5) is 21.1. The van der Waals surface area contributed by atoms with E-state index >= 15 is 0 Å². The van der Waals surface area contributed by atoms with Crippen molar-refractivity contribution in [2.24, 2.45) is 0 Å². The topological polar surface area (TPSA) is 46.1 Å². The van der Waals surface area contributed by atoms with Crippen LogP contribution in [0.5, 0.6) is 0 Å². The van der Waals surface area contributed by atoms with Gasteiger partial charge in [-0.15, -0.1) is 0 Å². The van der Waals surface area contributed by atoms with Crippen molar-refractivity contribution < 1.29 is 4.79 Å². The molecule has 5 heteroatoms. The quantitative estimate of drug-likeness (QED) is 0.689. The number of hydrogen-bond donors (Lipinski definition) is 0. The van der Waals surface area contributed by atoms with E-state index in [1.807, 2.05) is 0 Å². The maximum absolute atomic E-state index is 11.5. The van der Waals surface area contributed by atoms with Crippen molar-refractivity contribution in [3.05, 3.63) is 18.5 Å². The molecule has 0 spiro atoms. The molecule has 1 unspecified atom stereocenters. The molecule has 1 fully saturated rings. The summed E-state index contributed by atoms with van der Waals surface area (Å²) >= 11 is 3.29. The smallest absolute Gasteiger partial charge is 0.243 e. The zero-order chi connectivity index (χ0) is 9.26. The summed E-state index contributed by atoms with van der Waals surface area (Å²) < 4.78 is 0. The average Bonchev–Trinajstić information content (AvgIpc) is 2.49. The van der Waals surface area contributed by atoms with E-state index in [2.05, 4.69) is 25.9 Å². The molecule has 0 N–H and O–H groups in total. The second kappa shape index (κ2) is 3.41. The Bertz CT molecular complexity index is 316. The van der Waals surface area contributed by atoms with Crippen molar-refractivity contribution in [3.8, 4) is 0 Å². The lowest BCUT2D eigenvalue weighted by Gasteiger charge is -2.11. The van der Waals surface area contributed by atoms with E-state index in [1.165, 1.54) is 0 Å². The van der Waals surface area contributed by atoms with Crippen molar-refractivity contribution in [3.63, 3.8) is 0 Å². The van der Waals surface area contributed by atoms with Crippen LogP contribution < -0.4 is 4.90 Å². The third-order valence-corrected chi connectivity index (χ3v) is 2.78. The number of carbonyl (C=O) groups is 1. The van der Waals surface area contributed by atoms with Crippen LogP contribution in [-0.2, 0) is 4.79 Å². The molecule has 1 saturated heterocycles. The molecular formula is C8H8BrN3O. The fourth-order valence-electron chi connectivity index (χ4n) is 1.27. The van der Waals surface area contributed by atoms with Gasteiger partial charge in [0.15, 0.2) is 0 Å². The van der Waals surface area contributed by atoms with Crippen molar-refractivity contribution in [1.29, 1.82) is 0 Å². The molecule has 1 aromatic heterocycles. The van der Waals surface area contributed by atoms with Gasteiger partial charge in [0.05, 0.1) is 4.83 Å². The van der Waals surface area contributed by atoms with Gasteiger partial charge in [-0.2, -0.15) is 0 Å². The van der Waals surface area contributed by atoms with Crippen LogP contribution in [0.2, 0.25) is 0 Å². The van der Waals surface area contributed by atoms with Gasteiger partial charge in [-0.3, -0.25) is 9.69 Å². The maximum atomic E-state index is 11.5. The summed E-state index contributed by atoms with van der Waals surface area (Å²) in [6.07, 6.45) is 4.09. The molecule has 0 radical (unpaired) electrons. The van der Waals surface area contributed by atoms with Gasteiger partial charge >= 0.3 is 0 Å². The fourth-order valence-corrected chi connectivity index (χ4v) is 1.73.